The normalized spacial score (nSPS) is 24.7. The van der Waals surface area contributed by atoms with Crippen molar-refractivity contribution in [2.75, 3.05) is 17.3 Å². The molecule has 0 aromatic heterocycles. The molecule has 0 amide bonds. The maximum Gasteiger partial charge on any atom is 0.0792 e. The average Bonchev–Trinajstić information content (AvgIpc) is 2.13. The fourth-order valence-corrected chi connectivity index (χ4v) is 2.52. The minimum atomic E-state index is 0.445. The third kappa shape index (κ3) is 1.67. The van der Waals surface area contributed by atoms with Gasteiger partial charge in [0.2, 0.25) is 0 Å². The van der Waals surface area contributed by atoms with Gasteiger partial charge in [-0.2, -0.15) is 0 Å². The van der Waals surface area contributed by atoms with Crippen molar-refractivity contribution in [2.24, 2.45) is 0 Å². The Morgan fingerprint density at radius 2 is 2.00 bits per heavy atom. The Labute approximate surface area is 96.2 Å². The van der Waals surface area contributed by atoms with Crippen LogP contribution in [0.1, 0.15) is 19.4 Å². The second-order valence-electron chi connectivity index (χ2n) is 4.43. The van der Waals surface area contributed by atoms with E-state index in [1.54, 1.807) is 0 Å². The van der Waals surface area contributed by atoms with Crippen LogP contribution < -0.4 is 10.2 Å². The summed E-state index contributed by atoms with van der Waals surface area (Å²) < 4.78 is 0. The first-order valence-electron chi connectivity index (χ1n) is 5.30. The minimum absolute atomic E-state index is 0.445. The van der Waals surface area contributed by atoms with Gasteiger partial charge in [0.1, 0.15) is 0 Å². The molecule has 0 saturated heterocycles. The highest BCUT2D eigenvalue weighted by Crippen LogP contribution is 2.39. The van der Waals surface area contributed by atoms with Gasteiger partial charge in [0.05, 0.1) is 16.4 Å². The zero-order chi connectivity index (χ0) is 11.2. The molecule has 2 unspecified atom stereocenters. The number of nitrogens with zero attached hydrogens (tertiary/aromatic N) is 1. The molecule has 3 heteroatoms. The van der Waals surface area contributed by atoms with Crippen LogP contribution in [0.25, 0.3) is 0 Å². The van der Waals surface area contributed by atoms with Crippen molar-refractivity contribution in [1.82, 2.24) is 0 Å². The predicted octanol–water partition coefficient (Wildman–Crippen LogP) is 3.29. The SMILES string of the molecule is Cc1cc(Cl)c2c(c1)NC(C)C(C)N2C. The summed E-state index contributed by atoms with van der Waals surface area (Å²) in [5.41, 5.74) is 3.46. The van der Waals surface area contributed by atoms with Gasteiger partial charge in [-0.1, -0.05) is 11.6 Å². The summed E-state index contributed by atoms with van der Waals surface area (Å²) in [6.07, 6.45) is 0. The second-order valence-corrected chi connectivity index (χ2v) is 4.83. The van der Waals surface area contributed by atoms with Crippen LogP contribution in [0, 0.1) is 6.92 Å². The monoisotopic (exact) mass is 224 g/mol. The highest BCUT2D eigenvalue weighted by atomic mass is 35.5. The van der Waals surface area contributed by atoms with E-state index in [1.165, 1.54) is 5.56 Å². The number of halogens is 1. The molecule has 15 heavy (non-hydrogen) atoms. The Kier molecular flexibility index (Phi) is 2.55. The van der Waals surface area contributed by atoms with E-state index in [-0.39, 0.29) is 0 Å². The van der Waals surface area contributed by atoms with Crippen LogP contribution in [0.5, 0.6) is 0 Å². The summed E-state index contributed by atoms with van der Waals surface area (Å²) in [5.74, 6) is 0. The highest BCUT2D eigenvalue weighted by molar-refractivity contribution is 6.34. The smallest absolute Gasteiger partial charge is 0.0792 e. The fourth-order valence-electron chi connectivity index (χ4n) is 2.11. The number of anilines is 2. The molecule has 1 aromatic carbocycles. The summed E-state index contributed by atoms with van der Waals surface area (Å²) in [5, 5.41) is 4.33. The van der Waals surface area contributed by atoms with Crippen molar-refractivity contribution in [3.05, 3.63) is 22.7 Å². The van der Waals surface area contributed by atoms with Crippen molar-refractivity contribution in [3.8, 4) is 0 Å². The van der Waals surface area contributed by atoms with Crippen LogP contribution in [0.2, 0.25) is 5.02 Å². The van der Waals surface area contributed by atoms with Gasteiger partial charge in [-0.15, -0.1) is 0 Å². The van der Waals surface area contributed by atoms with E-state index in [4.69, 9.17) is 11.6 Å². The Morgan fingerprint density at radius 1 is 1.33 bits per heavy atom. The first-order chi connectivity index (χ1) is 7.00. The first-order valence-corrected chi connectivity index (χ1v) is 5.68. The Balaban J connectivity index is 2.55. The number of aryl methyl sites for hydroxylation is 1. The van der Waals surface area contributed by atoms with E-state index < -0.39 is 0 Å². The summed E-state index contributed by atoms with van der Waals surface area (Å²) in [4.78, 5) is 2.25. The molecule has 2 atom stereocenters. The van der Waals surface area contributed by atoms with Gasteiger partial charge >= 0.3 is 0 Å². The lowest BCUT2D eigenvalue weighted by atomic mass is 10.0. The van der Waals surface area contributed by atoms with E-state index in [9.17, 15) is 0 Å². The van der Waals surface area contributed by atoms with E-state index in [2.05, 4.69) is 44.1 Å². The lowest BCUT2D eigenvalue weighted by Crippen LogP contribution is -2.45. The number of rotatable bonds is 0. The van der Waals surface area contributed by atoms with E-state index >= 15 is 0 Å². The number of likely N-dealkylation sites (N-methyl/N-ethyl adjacent to an activating group) is 1. The third-order valence-electron chi connectivity index (χ3n) is 3.28. The molecule has 82 valence electrons. The van der Waals surface area contributed by atoms with Crippen molar-refractivity contribution in [1.29, 1.82) is 0 Å². The molecule has 0 radical (unpaired) electrons. The maximum atomic E-state index is 6.27. The summed E-state index contributed by atoms with van der Waals surface area (Å²) >= 11 is 6.27. The van der Waals surface area contributed by atoms with Crippen LogP contribution >= 0.6 is 11.6 Å². The van der Waals surface area contributed by atoms with Gasteiger partial charge in [-0.3, -0.25) is 0 Å². The van der Waals surface area contributed by atoms with E-state index in [0.717, 1.165) is 16.4 Å². The molecule has 0 saturated carbocycles. The number of fused-ring (bicyclic) bond motifs is 1. The molecule has 1 aliphatic heterocycles. The predicted molar refractivity (Wildman–Crippen MR) is 67.1 cm³/mol. The Bertz CT molecular complexity index is 389. The summed E-state index contributed by atoms with van der Waals surface area (Å²) in [7, 11) is 2.10. The number of hydrogen-bond acceptors (Lipinski definition) is 2. The van der Waals surface area contributed by atoms with Crippen LogP contribution in [0.3, 0.4) is 0 Å². The van der Waals surface area contributed by atoms with Gasteiger partial charge in [0.25, 0.3) is 0 Å². The Morgan fingerprint density at radius 3 is 2.67 bits per heavy atom. The van der Waals surface area contributed by atoms with Gasteiger partial charge in [0.15, 0.2) is 0 Å². The molecule has 0 aliphatic carbocycles. The lowest BCUT2D eigenvalue weighted by Gasteiger charge is -2.40. The summed E-state index contributed by atoms with van der Waals surface area (Å²) in [6, 6.07) is 5.07. The quantitative estimate of drug-likeness (QED) is 0.728. The van der Waals surface area contributed by atoms with Crippen molar-refractivity contribution in [2.45, 2.75) is 32.9 Å². The minimum Gasteiger partial charge on any atom is -0.379 e. The van der Waals surface area contributed by atoms with Gasteiger partial charge in [-0.05, 0) is 38.5 Å². The molecule has 1 heterocycles. The molecule has 1 aliphatic rings. The molecular weight excluding hydrogens is 208 g/mol. The average molecular weight is 225 g/mol. The van der Waals surface area contributed by atoms with Crippen LogP contribution in [-0.4, -0.2) is 19.1 Å². The van der Waals surface area contributed by atoms with E-state index in [1.807, 2.05) is 6.07 Å². The summed E-state index contributed by atoms with van der Waals surface area (Å²) in [6.45, 7) is 6.47. The largest absolute Gasteiger partial charge is 0.379 e. The van der Waals surface area contributed by atoms with Crippen molar-refractivity contribution in [3.63, 3.8) is 0 Å². The standard InChI is InChI=1S/C12H17ClN2/c1-7-5-10(13)12-11(6-7)14-8(2)9(3)15(12)4/h5-6,8-9,14H,1-4H3. The molecule has 0 spiro atoms. The topological polar surface area (TPSA) is 15.3 Å². The van der Waals surface area contributed by atoms with Gasteiger partial charge in [-0.25, -0.2) is 0 Å². The van der Waals surface area contributed by atoms with E-state index in [0.29, 0.717) is 12.1 Å². The van der Waals surface area contributed by atoms with Crippen molar-refractivity contribution < 1.29 is 0 Å². The van der Waals surface area contributed by atoms with Crippen LogP contribution in [0.15, 0.2) is 12.1 Å². The van der Waals surface area contributed by atoms with Gasteiger partial charge in [0, 0.05) is 19.1 Å². The maximum absolute atomic E-state index is 6.27. The van der Waals surface area contributed by atoms with Crippen LogP contribution in [-0.2, 0) is 0 Å². The van der Waals surface area contributed by atoms with Crippen molar-refractivity contribution >= 4 is 23.0 Å². The van der Waals surface area contributed by atoms with Crippen LogP contribution in [0.4, 0.5) is 11.4 Å². The second kappa shape index (κ2) is 3.60. The fraction of sp³-hybridized carbons (Fsp3) is 0.500. The highest BCUT2D eigenvalue weighted by Gasteiger charge is 2.27. The Hall–Kier alpha value is -0.890. The molecule has 1 N–H and O–H groups in total. The molecule has 1 aromatic rings. The third-order valence-corrected chi connectivity index (χ3v) is 3.57. The molecular formula is C12H17ClN2. The number of hydrogen-bond donors (Lipinski definition) is 1. The molecule has 2 nitrogen and oxygen atoms in total. The molecule has 0 bridgehead atoms. The molecule has 0 fully saturated rings. The number of nitrogens with one attached hydrogen (secondary N) is 1. The number of benzene rings is 1. The molecule has 2 rings (SSSR count). The first kappa shape index (κ1) is 10.6. The van der Waals surface area contributed by atoms with Gasteiger partial charge < -0.3 is 10.2 Å². The lowest BCUT2D eigenvalue weighted by molar-refractivity contribution is 0.587. The zero-order valence-electron chi connectivity index (χ0n) is 9.63. The zero-order valence-corrected chi connectivity index (χ0v) is 10.4.